The van der Waals surface area contributed by atoms with Gasteiger partial charge in [-0.1, -0.05) is 29.3 Å². The van der Waals surface area contributed by atoms with Gasteiger partial charge in [0.05, 0.1) is 10.0 Å². The van der Waals surface area contributed by atoms with Gasteiger partial charge in [0.15, 0.2) is 0 Å². The van der Waals surface area contributed by atoms with Gasteiger partial charge in [0.1, 0.15) is 5.78 Å². The second kappa shape index (κ2) is 3.92. The molecule has 1 aromatic rings. The Bertz CT molecular complexity index is 374. The Labute approximate surface area is 93.0 Å². The van der Waals surface area contributed by atoms with Gasteiger partial charge in [0.2, 0.25) is 0 Å². The van der Waals surface area contributed by atoms with Crippen LogP contribution in [0.2, 0.25) is 10.0 Å². The van der Waals surface area contributed by atoms with Crippen molar-refractivity contribution >= 4 is 29.0 Å². The van der Waals surface area contributed by atoms with Crippen molar-refractivity contribution in [2.45, 2.75) is 25.2 Å². The SMILES string of the molecule is O=C1CC[C@H](c2ccc(Cl)c(Cl)c2)C1. The zero-order valence-electron chi connectivity index (χ0n) is 7.59. The standard InChI is InChI=1S/C11H10Cl2O/c12-10-4-2-8(6-11(10)13)7-1-3-9(14)5-7/h2,4,6-7H,1,3,5H2/t7-/m0/s1. The van der Waals surface area contributed by atoms with Crippen LogP contribution in [0.4, 0.5) is 0 Å². The lowest BCUT2D eigenvalue weighted by Crippen LogP contribution is -1.94. The number of Topliss-reactive ketones (excluding diaryl/α,β-unsaturated/α-hetero) is 1. The first-order chi connectivity index (χ1) is 6.66. The molecule has 0 N–H and O–H groups in total. The molecule has 1 aliphatic rings. The lowest BCUT2D eigenvalue weighted by molar-refractivity contribution is -0.117. The summed E-state index contributed by atoms with van der Waals surface area (Å²) in [6, 6.07) is 5.62. The van der Waals surface area contributed by atoms with Gasteiger partial charge in [0.25, 0.3) is 0 Å². The molecule has 1 nitrogen and oxygen atoms in total. The Balaban J connectivity index is 2.24. The molecule has 2 rings (SSSR count). The van der Waals surface area contributed by atoms with Crippen LogP contribution in [-0.2, 0) is 4.79 Å². The first-order valence-corrected chi connectivity index (χ1v) is 5.39. The third-order valence-corrected chi connectivity index (χ3v) is 3.40. The summed E-state index contributed by atoms with van der Waals surface area (Å²) in [7, 11) is 0. The van der Waals surface area contributed by atoms with Crippen LogP contribution in [0.3, 0.4) is 0 Å². The third kappa shape index (κ3) is 1.94. The number of rotatable bonds is 1. The van der Waals surface area contributed by atoms with Gasteiger partial charge in [-0.3, -0.25) is 4.79 Å². The fraction of sp³-hybridized carbons (Fsp3) is 0.364. The van der Waals surface area contributed by atoms with Crippen molar-refractivity contribution in [1.82, 2.24) is 0 Å². The van der Waals surface area contributed by atoms with Crippen LogP contribution in [0.5, 0.6) is 0 Å². The predicted octanol–water partition coefficient (Wildman–Crippen LogP) is 3.83. The van der Waals surface area contributed by atoms with E-state index in [1.165, 1.54) is 0 Å². The number of carbonyl (C=O) groups excluding carboxylic acids is 1. The summed E-state index contributed by atoms with van der Waals surface area (Å²) < 4.78 is 0. The van der Waals surface area contributed by atoms with Gasteiger partial charge in [-0.25, -0.2) is 0 Å². The van der Waals surface area contributed by atoms with E-state index in [1.54, 1.807) is 6.07 Å². The maximum Gasteiger partial charge on any atom is 0.133 e. The molecule has 0 amide bonds. The van der Waals surface area contributed by atoms with Crippen LogP contribution >= 0.6 is 23.2 Å². The summed E-state index contributed by atoms with van der Waals surface area (Å²) in [5.41, 5.74) is 1.13. The van der Waals surface area contributed by atoms with Gasteiger partial charge in [-0.05, 0) is 30.0 Å². The van der Waals surface area contributed by atoms with Crippen LogP contribution in [0.15, 0.2) is 18.2 Å². The van der Waals surface area contributed by atoms with Crippen molar-refractivity contribution in [3.63, 3.8) is 0 Å². The molecular formula is C11H10Cl2O. The smallest absolute Gasteiger partial charge is 0.133 e. The van der Waals surface area contributed by atoms with Crippen LogP contribution in [0, 0.1) is 0 Å². The van der Waals surface area contributed by atoms with Crippen molar-refractivity contribution in [1.29, 1.82) is 0 Å². The van der Waals surface area contributed by atoms with E-state index in [0.717, 1.165) is 12.0 Å². The predicted molar refractivity (Wildman–Crippen MR) is 58.1 cm³/mol. The molecule has 1 aliphatic carbocycles. The van der Waals surface area contributed by atoms with Crippen molar-refractivity contribution in [3.8, 4) is 0 Å². The molecule has 1 saturated carbocycles. The molecule has 3 heteroatoms. The Morgan fingerprint density at radius 3 is 2.57 bits per heavy atom. The highest BCUT2D eigenvalue weighted by Gasteiger charge is 2.23. The molecule has 0 aliphatic heterocycles. The van der Waals surface area contributed by atoms with Crippen LogP contribution in [0.25, 0.3) is 0 Å². The van der Waals surface area contributed by atoms with Crippen molar-refractivity contribution < 1.29 is 4.79 Å². The minimum absolute atomic E-state index is 0.345. The number of ketones is 1. The fourth-order valence-corrected chi connectivity index (χ4v) is 2.17. The molecule has 1 atom stereocenters. The zero-order chi connectivity index (χ0) is 10.1. The van der Waals surface area contributed by atoms with Gasteiger partial charge in [0, 0.05) is 12.8 Å². The fourth-order valence-electron chi connectivity index (χ4n) is 1.86. The highest BCUT2D eigenvalue weighted by molar-refractivity contribution is 6.42. The summed E-state index contributed by atoms with van der Waals surface area (Å²) >= 11 is 11.7. The van der Waals surface area contributed by atoms with Gasteiger partial charge < -0.3 is 0 Å². The number of carbonyl (C=O) groups is 1. The maximum atomic E-state index is 11.1. The van der Waals surface area contributed by atoms with E-state index in [-0.39, 0.29) is 0 Å². The molecule has 74 valence electrons. The van der Waals surface area contributed by atoms with Crippen molar-refractivity contribution in [3.05, 3.63) is 33.8 Å². The second-order valence-electron chi connectivity index (χ2n) is 3.65. The highest BCUT2D eigenvalue weighted by atomic mass is 35.5. The largest absolute Gasteiger partial charge is 0.300 e. The molecule has 0 saturated heterocycles. The first-order valence-electron chi connectivity index (χ1n) is 4.63. The molecule has 0 bridgehead atoms. The summed E-state index contributed by atoms with van der Waals surface area (Å²) in [6.45, 7) is 0. The number of hydrogen-bond acceptors (Lipinski definition) is 1. The molecule has 0 unspecified atom stereocenters. The molecule has 1 aromatic carbocycles. The summed E-state index contributed by atoms with van der Waals surface area (Å²) in [4.78, 5) is 11.1. The van der Waals surface area contributed by atoms with E-state index in [4.69, 9.17) is 23.2 Å². The molecule has 0 aromatic heterocycles. The van der Waals surface area contributed by atoms with Gasteiger partial charge in [-0.15, -0.1) is 0 Å². The summed E-state index contributed by atoms with van der Waals surface area (Å²) in [5, 5.41) is 1.14. The summed E-state index contributed by atoms with van der Waals surface area (Å²) in [6.07, 6.45) is 2.29. The average Bonchev–Trinajstić information content (AvgIpc) is 2.57. The number of hydrogen-bond donors (Lipinski definition) is 0. The molecule has 14 heavy (non-hydrogen) atoms. The maximum absolute atomic E-state index is 11.1. The average molecular weight is 229 g/mol. The van der Waals surface area contributed by atoms with E-state index in [9.17, 15) is 4.79 Å². The molecule has 0 radical (unpaired) electrons. The topological polar surface area (TPSA) is 17.1 Å². The normalized spacial score (nSPS) is 21.6. The van der Waals surface area contributed by atoms with Gasteiger partial charge in [-0.2, -0.15) is 0 Å². The lowest BCUT2D eigenvalue weighted by atomic mass is 9.98. The van der Waals surface area contributed by atoms with Crippen LogP contribution in [0.1, 0.15) is 30.7 Å². The van der Waals surface area contributed by atoms with E-state index >= 15 is 0 Å². The van der Waals surface area contributed by atoms with Gasteiger partial charge >= 0.3 is 0 Å². The Hall–Kier alpha value is -0.530. The molecule has 0 spiro atoms. The quantitative estimate of drug-likeness (QED) is 0.715. The monoisotopic (exact) mass is 228 g/mol. The van der Waals surface area contributed by atoms with Crippen LogP contribution in [-0.4, -0.2) is 5.78 Å². The number of halogens is 2. The van der Waals surface area contributed by atoms with E-state index in [1.807, 2.05) is 12.1 Å². The zero-order valence-corrected chi connectivity index (χ0v) is 9.11. The van der Waals surface area contributed by atoms with E-state index < -0.39 is 0 Å². The third-order valence-electron chi connectivity index (χ3n) is 2.66. The molecule has 1 fully saturated rings. The second-order valence-corrected chi connectivity index (χ2v) is 4.47. The summed E-state index contributed by atoms with van der Waals surface area (Å²) in [5.74, 6) is 0.693. The Kier molecular flexibility index (Phi) is 2.80. The molecular weight excluding hydrogens is 219 g/mol. The minimum atomic E-state index is 0.345. The Morgan fingerprint density at radius 2 is 2.00 bits per heavy atom. The highest BCUT2D eigenvalue weighted by Crippen LogP contribution is 2.34. The van der Waals surface area contributed by atoms with E-state index in [0.29, 0.717) is 34.6 Å². The van der Waals surface area contributed by atoms with Crippen LogP contribution < -0.4 is 0 Å². The van der Waals surface area contributed by atoms with Crippen molar-refractivity contribution in [2.75, 3.05) is 0 Å². The minimum Gasteiger partial charge on any atom is -0.300 e. The van der Waals surface area contributed by atoms with E-state index in [2.05, 4.69) is 0 Å². The number of benzene rings is 1. The lowest BCUT2D eigenvalue weighted by Gasteiger charge is -2.09. The van der Waals surface area contributed by atoms with Crippen molar-refractivity contribution in [2.24, 2.45) is 0 Å². The first kappa shape index (κ1) is 10.0. The molecule has 0 heterocycles. The Morgan fingerprint density at radius 1 is 1.21 bits per heavy atom.